The number of nitrogens with one attached hydrogen (secondary N) is 1. The first kappa shape index (κ1) is 12.2. The van der Waals surface area contributed by atoms with Crippen LogP contribution >= 0.6 is 0 Å². The standard InChI is InChI=1S/C12H14N2O2/c1-2-7-13-12(16)11-6-5-10(9-14-11)4-3-8-15/h5-6,9,15H,2,7-8H2,1H3,(H,13,16). The lowest BCUT2D eigenvalue weighted by Crippen LogP contribution is -2.24. The molecule has 1 aromatic heterocycles. The summed E-state index contributed by atoms with van der Waals surface area (Å²) in [6, 6.07) is 3.32. The van der Waals surface area contributed by atoms with Gasteiger partial charge in [0.1, 0.15) is 12.3 Å². The maximum Gasteiger partial charge on any atom is 0.269 e. The van der Waals surface area contributed by atoms with E-state index in [2.05, 4.69) is 22.1 Å². The Kier molecular flexibility index (Phi) is 5.03. The zero-order valence-corrected chi connectivity index (χ0v) is 9.16. The zero-order valence-electron chi connectivity index (χ0n) is 9.16. The Bertz CT molecular complexity index is 401. The van der Waals surface area contributed by atoms with E-state index in [0.29, 0.717) is 17.8 Å². The molecule has 4 nitrogen and oxygen atoms in total. The van der Waals surface area contributed by atoms with Crippen molar-refractivity contribution in [3.05, 3.63) is 29.6 Å². The van der Waals surface area contributed by atoms with Gasteiger partial charge in [0, 0.05) is 18.3 Å². The van der Waals surface area contributed by atoms with E-state index in [1.807, 2.05) is 6.92 Å². The first-order valence-corrected chi connectivity index (χ1v) is 5.12. The molecule has 0 saturated carbocycles. The number of aliphatic hydroxyl groups excluding tert-OH is 1. The maximum absolute atomic E-state index is 11.5. The second-order valence-electron chi connectivity index (χ2n) is 3.15. The monoisotopic (exact) mass is 218 g/mol. The van der Waals surface area contributed by atoms with Gasteiger partial charge in [-0.2, -0.15) is 0 Å². The Morgan fingerprint density at radius 1 is 1.56 bits per heavy atom. The van der Waals surface area contributed by atoms with Crippen LogP contribution in [0.5, 0.6) is 0 Å². The largest absolute Gasteiger partial charge is 0.384 e. The third-order valence-electron chi connectivity index (χ3n) is 1.84. The number of rotatable bonds is 3. The molecule has 4 heteroatoms. The van der Waals surface area contributed by atoms with E-state index in [1.54, 1.807) is 12.1 Å². The van der Waals surface area contributed by atoms with Gasteiger partial charge in [0.2, 0.25) is 0 Å². The molecule has 0 atom stereocenters. The summed E-state index contributed by atoms with van der Waals surface area (Å²) >= 11 is 0. The Morgan fingerprint density at radius 2 is 2.38 bits per heavy atom. The van der Waals surface area contributed by atoms with Crippen molar-refractivity contribution in [1.29, 1.82) is 0 Å². The van der Waals surface area contributed by atoms with Crippen LogP contribution in [0, 0.1) is 11.8 Å². The van der Waals surface area contributed by atoms with Gasteiger partial charge in [-0.25, -0.2) is 4.98 Å². The number of amides is 1. The third-order valence-corrected chi connectivity index (χ3v) is 1.84. The van der Waals surface area contributed by atoms with Crippen LogP contribution in [0.15, 0.2) is 18.3 Å². The highest BCUT2D eigenvalue weighted by Crippen LogP contribution is 1.98. The molecule has 0 aliphatic heterocycles. The first-order chi connectivity index (χ1) is 7.77. The molecule has 0 unspecified atom stereocenters. The second kappa shape index (κ2) is 6.59. The van der Waals surface area contributed by atoms with E-state index < -0.39 is 0 Å². The minimum atomic E-state index is -0.182. The fourth-order valence-electron chi connectivity index (χ4n) is 1.07. The number of aromatic nitrogens is 1. The highest BCUT2D eigenvalue weighted by molar-refractivity contribution is 5.92. The third kappa shape index (κ3) is 3.71. The van der Waals surface area contributed by atoms with Crippen LogP contribution < -0.4 is 5.32 Å². The summed E-state index contributed by atoms with van der Waals surface area (Å²) in [4.78, 5) is 15.5. The van der Waals surface area contributed by atoms with Gasteiger partial charge < -0.3 is 10.4 Å². The van der Waals surface area contributed by atoms with E-state index in [9.17, 15) is 4.79 Å². The predicted octanol–water partition coefficient (Wildman–Crippen LogP) is 0.565. The lowest BCUT2D eigenvalue weighted by molar-refractivity contribution is 0.0948. The van der Waals surface area contributed by atoms with Crippen molar-refractivity contribution in [1.82, 2.24) is 10.3 Å². The van der Waals surface area contributed by atoms with Crippen LogP contribution in [0.1, 0.15) is 29.4 Å². The van der Waals surface area contributed by atoms with E-state index in [-0.39, 0.29) is 12.5 Å². The molecule has 0 aliphatic carbocycles. The summed E-state index contributed by atoms with van der Waals surface area (Å²) in [5.41, 5.74) is 1.06. The van der Waals surface area contributed by atoms with E-state index >= 15 is 0 Å². The molecule has 16 heavy (non-hydrogen) atoms. The molecule has 1 amide bonds. The first-order valence-electron chi connectivity index (χ1n) is 5.12. The molecular formula is C12H14N2O2. The Labute approximate surface area is 94.7 Å². The molecular weight excluding hydrogens is 204 g/mol. The minimum Gasteiger partial charge on any atom is -0.384 e. The van der Waals surface area contributed by atoms with Crippen molar-refractivity contribution >= 4 is 5.91 Å². The molecule has 1 aromatic rings. The van der Waals surface area contributed by atoms with Crippen molar-refractivity contribution in [2.75, 3.05) is 13.2 Å². The van der Waals surface area contributed by atoms with Crippen molar-refractivity contribution in [2.45, 2.75) is 13.3 Å². The van der Waals surface area contributed by atoms with E-state index in [1.165, 1.54) is 6.20 Å². The number of hydrogen-bond acceptors (Lipinski definition) is 3. The molecule has 1 heterocycles. The average Bonchev–Trinajstić information content (AvgIpc) is 2.34. The van der Waals surface area contributed by atoms with Crippen molar-refractivity contribution in [3.8, 4) is 11.8 Å². The van der Waals surface area contributed by atoms with Gasteiger partial charge in [0.15, 0.2) is 0 Å². The van der Waals surface area contributed by atoms with Gasteiger partial charge in [-0.05, 0) is 18.6 Å². The van der Waals surface area contributed by atoms with Gasteiger partial charge >= 0.3 is 0 Å². The van der Waals surface area contributed by atoms with Crippen molar-refractivity contribution in [3.63, 3.8) is 0 Å². The fourth-order valence-corrected chi connectivity index (χ4v) is 1.07. The van der Waals surface area contributed by atoms with Crippen LogP contribution in [-0.4, -0.2) is 29.1 Å². The van der Waals surface area contributed by atoms with Gasteiger partial charge in [0.25, 0.3) is 5.91 Å². The molecule has 0 spiro atoms. The lowest BCUT2D eigenvalue weighted by atomic mass is 10.2. The summed E-state index contributed by atoms with van der Waals surface area (Å²) in [5.74, 6) is 5.04. The van der Waals surface area contributed by atoms with Crippen LogP contribution in [-0.2, 0) is 0 Å². The number of hydrogen-bond donors (Lipinski definition) is 2. The highest BCUT2D eigenvalue weighted by Gasteiger charge is 2.04. The fraction of sp³-hybridized carbons (Fsp3) is 0.333. The summed E-state index contributed by atoms with van der Waals surface area (Å²) < 4.78 is 0. The van der Waals surface area contributed by atoms with Crippen molar-refractivity contribution < 1.29 is 9.90 Å². The van der Waals surface area contributed by atoms with Crippen LogP contribution in [0.4, 0.5) is 0 Å². The normalized spacial score (nSPS) is 9.12. The second-order valence-corrected chi connectivity index (χ2v) is 3.15. The average molecular weight is 218 g/mol. The number of carbonyl (C=O) groups is 1. The molecule has 0 radical (unpaired) electrons. The molecule has 0 bridgehead atoms. The number of carbonyl (C=O) groups excluding carboxylic acids is 1. The van der Waals surface area contributed by atoms with Crippen LogP contribution in [0.25, 0.3) is 0 Å². The topological polar surface area (TPSA) is 62.2 Å². The summed E-state index contributed by atoms with van der Waals surface area (Å²) in [6.07, 6.45) is 2.41. The summed E-state index contributed by atoms with van der Waals surface area (Å²) in [6.45, 7) is 2.45. The molecule has 1 rings (SSSR count). The summed E-state index contributed by atoms with van der Waals surface area (Å²) in [5, 5.41) is 11.2. The predicted molar refractivity (Wildman–Crippen MR) is 60.8 cm³/mol. The molecule has 0 fully saturated rings. The molecule has 2 N–H and O–H groups in total. The zero-order chi connectivity index (χ0) is 11.8. The Hall–Kier alpha value is -1.86. The lowest BCUT2D eigenvalue weighted by Gasteiger charge is -2.01. The van der Waals surface area contributed by atoms with Gasteiger partial charge in [0.05, 0.1) is 0 Å². The highest BCUT2D eigenvalue weighted by atomic mass is 16.2. The van der Waals surface area contributed by atoms with Gasteiger partial charge in [-0.15, -0.1) is 0 Å². The van der Waals surface area contributed by atoms with Gasteiger partial charge in [-0.1, -0.05) is 18.8 Å². The van der Waals surface area contributed by atoms with Crippen LogP contribution in [0.2, 0.25) is 0 Å². The molecule has 0 saturated heterocycles. The van der Waals surface area contributed by atoms with Crippen LogP contribution in [0.3, 0.4) is 0 Å². The Balaban J connectivity index is 2.67. The smallest absolute Gasteiger partial charge is 0.269 e. The maximum atomic E-state index is 11.5. The quantitative estimate of drug-likeness (QED) is 0.729. The van der Waals surface area contributed by atoms with Gasteiger partial charge in [-0.3, -0.25) is 4.79 Å². The molecule has 0 aromatic carbocycles. The minimum absolute atomic E-state index is 0.177. The SMILES string of the molecule is CCCNC(=O)c1ccc(C#CCO)cn1. The Morgan fingerprint density at radius 3 is 2.94 bits per heavy atom. The van der Waals surface area contributed by atoms with Crippen molar-refractivity contribution in [2.24, 2.45) is 0 Å². The molecule has 0 aliphatic rings. The summed E-state index contributed by atoms with van der Waals surface area (Å²) in [7, 11) is 0. The van der Waals surface area contributed by atoms with E-state index in [0.717, 1.165) is 6.42 Å². The number of pyridine rings is 1. The molecule has 84 valence electrons. The number of nitrogens with zero attached hydrogens (tertiary/aromatic N) is 1. The van der Waals surface area contributed by atoms with E-state index in [4.69, 9.17) is 5.11 Å². The number of aliphatic hydroxyl groups is 1.